The number of benzene rings is 1. The minimum absolute atomic E-state index is 0.652. The zero-order valence-corrected chi connectivity index (χ0v) is 14.7. The van der Waals surface area contributed by atoms with Gasteiger partial charge in [0, 0.05) is 16.6 Å². The summed E-state index contributed by atoms with van der Waals surface area (Å²) in [4.78, 5) is 9.74. The van der Waals surface area contributed by atoms with Crippen LogP contribution >= 0.6 is 22.9 Å². The molecule has 0 unspecified atom stereocenters. The Balaban J connectivity index is 1.84. The summed E-state index contributed by atoms with van der Waals surface area (Å²) in [6, 6.07) is 15.5. The van der Waals surface area contributed by atoms with Crippen LogP contribution in [0.1, 0.15) is 5.56 Å². The van der Waals surface area contributed by atoms with Gasteiger partial charge in [0.15, 0.2) is 10.6 Å². The number of furan rings is 1. The maximum Gasteiger partial charge on any atom is 0.190 e. The molecule has 0 bridgehead atoms. The smallest absolute Gasteiger partial charge is 0.190 e. The van der Waals surface area contributed by atoms with Crippen LogP contribution in [0, 0.1) is 0 Å². The predicted molar refractivity (Wildman–Crippen MR) is 100 cm³/mol. The second-order valence-electron chi connectivity index (χ2n) is 5.42. The molecule has 1 aromatic carbocycles. The molecule has 0 fully saturated rings. The number of nitrogens with zero attached hydrogens (tertiary/aromatic N) is 3. The minimum Gasteiger partial charge on any atom is -0.463 e. The molecular formula is C19H14ClN3OS. The van der Waals surface area contributed by atoms with Gasteiger partial charge in [-0.25, -0.2) is 4.99 Å². The number of halogens is 1. The highest BCUT2D eigenvalue weighted by Crippen LogP contribution is 2.22. The van der Waals surface area contributed by atoms with Crippen LogP contribution in [0.15, 0.2) is 82.0 Å². The average molecular weight is 368 g/mol. The topological polar surface area (TPSA) is 43.3 Å². The molecule has 25 heavy (non-hydrogen) atoms. The molecule has 0 N–H and O–H groups in total. The van der Waals surface area contributed by atoms with Crippen molar-refractivity contribution in [1.29, 1.82) is 0 Å². The molecule has 0 aliphatic heterocycles. The van der Waals surface area contributed by atoms with Gasteiger partial charge in [-0.3, -0.25) is 4.98 Å². The first-order valence-corrected chi connectivity index (χ1v) is 8.97. The van der Waals surface area contributed by atoms with Crippen LogP contribution < -0.4 is 4.80 Å². The first-order chi connectivity index (χ1) is 12.3. The molecule has 0 aliphatic rings. The Labute approximate surface area is 153 Å². The van der Waals surface area contributed by atoms with Crippen LogP contribution in [0.5, 0.6) is 0 Å². The molecule has 124 valence electrons. The SMILES string of the molecule is Clc1cccc(Cn2c(-c3ccco3)csc2=Nc2cccnc2)c1. The number of thiazole rings is 1. The van der Waals surface area contributed by atoms with E-state index in [2.05, 4.69) is 21.0 Å². The zero-order chi connectivity index (χ0) is 17.1. The van der Waals surface area contributed by atoms with Gasteiger partial charge in [0.05, 0.1) is 30.4 Å². The van der Waals surface area contributed by atoms with Gasteiger partial charge in [-0.1, -0.05) is 23.7 Å². The quantitative estimate of drug-likeness (QED) is 0.501. The first kappa shape index (κ1) is 15.9. The monoisotopic (exact) mass is 367 g/mol. The third kappa shape index (κ3) is 3.57. The van der Waals surface area contributed by atoms with Crippen LogP contribution in [0.4, 0.5) is 5.69 Å². The fourth-order valence-corrected chi connectivity index (χ4v) is 3.66. The highest BCUT2D eigenvalue weighted by atomic mass is 35.5. The molecule has 0 saturated carbocycles. The summed E-state index contributed by atoms with van der Waals surface area (Å²) in [5.41, 5.74) is 2.90. The first-order valence-electron chi connectivity index (χ1n) is 7.71. The van der Waals surface area contributed by atoms with Crippen molar-refractivity contribution in [2.75, 3.05) is 0 Å². The number of pyridine rings is 1. The summed E-state index contributed by atoms with van der Waals surface area (Å²) >= 11 is 7.71. The molecule has 3 heterocycles. The average Bonchev–Trinajstić information content (AvgIpc) is 3.27. The zero-order valence-electron chi connectivity index (χ0n) is 13.2. The molecular weight excluding hydrogens is 354 g/mol. The standard InChI is InChI=1S/C19H14ClN3OS/c20-15-5-1-4-14(10-15)12-23-17(18-7-3-9-24-18)13-25-19(23)22-16-6-2-8-21-11-16/h1-11,13H,12H2. The van der Waals surface area contributed by atoms with Gasteiger partial charge in [0.25, 0.3) is 0 Å². The lowest BCUT2D eigenvalue weighted by atomic mass is 10.2. The van der Waals surface area contributed by atoms with Crippen molar-refractivity contribution >= 4 is 28.6 Å². The van der Waals surface area contributed by atoms with Gasteiger partial charge in [-0.2, -0.15) is 0 Å². The number of hydrogen-bond acceptors (Lipinski definition) is 4. The van der Waals surface area contributed by atoms with E-state index in [9.17, 15) is 0 Å². The normalized spacial score (nSPS) is 11.8. The van der Waals surface area contributed by atoms with E-state index in [4.69, 9.17) is 21.0 Å². The molecule has 0 spiro atoms. The van der Waals surface area contributed by atoms with E-state index >= 15 is 0 Å². The van der Waals surface area contributed by atoms with Crippen LogP contribution in [0.3, 0.4) is 0 Å². The van der Waals surface area contributed by atoms with Crippen LogP contribution in [0.2, 0.25) is 5.02 Å². The van der Waals surface area contributed by atoms with E-state index in [1.165, 1.54) is 0 Å². The van der Waals surface area contributed by atoms with Crippen molar-refractivity contribution in [3.8, 4) is 11.5 Å². The Kier molecular flexibility index (Phi) is 4.50. The second-order valence-corrected chi connectivity index (χ2v) is 6.69. The van der Waals surface area contributed by atoms with Gasteiger partial charge in [-0.15, -0.1) is 11.3 Å². The maximum absolute atomic E-state index is 6.14. The lowest BCUT2D eigenvalue weighted by molar-refractivity contribution is 0.573. The molecule has 0 aliphatic carbocycles. The van der Waals surface area contributed by atoms with Crippen molar-refractivity contribution < 1.29 is 4.42 Å². The van der Waals surface area contributed by atoms with Gasteiger partial charge >= 0.3 is 0 Å². The number of aromatic nitrogens is 2. The molecule has 4 nitrogen and oxygen atoms in total. The molecule has 4 aromatic rings. The van der Waals surface area contributed by atoms with Crippen LogP contribution in [-0.4, -0.2) is 9.55 Å². The Morgan fingerprint density at radius 3 is 2.88 bits per heavy atom. The van der Waals surface area contributed by atoms with Gasteiger partial charge in [0.1, 0.15) is 0 Å². The third-order valence-corrected chi connectivity index (χ3v) is 4.77. The number of hydrogen-bond donors (Lipinski definition) is 0. The summed E-state index contributed by atoms with van der Waals surface area (Å²) in [6.07, 6.45) is 5.16. The lowest BCUT2D eigenvalue weighted by Gasteiger charge is -2.08. The Bertz CT molecular complexity index is 1040. The van der Waals surface area contributed by atoms with Gasteiger partial charge in [-0.05, 0) is 42.0 Å². The van der Waals surface area contributed by atoms with Crippen LogP contribution in [-0.2, 0) is 6.54 Å². The van der Waals surface area contributed by atoms with E-state index in [-0.39, 0.29) is 0 Å². The molecule has 4 rings (SSSR count). The van der Waals surface area contributed by atoms with Crippen LogP contribution in [0.25, 0.3) is 11.5 Å². The predicted octanol–water partition coefficient (Wildman–Crippen LogP) is 5.14. The largest absolute Gasteiger partial charge is 0.463 e. The summed E-state index contributed by atoms with van der Waals surface area (Å²) in [6.45, 7) is 0.652. The fourth-order valence-electron chi connectivity index (χ4n) is 2.54. The van der Waals surface area contributed by atoms with E-state index in [0.29, 0.717) is 6.54 Å². The summed E-state index contributed by atoms with van der Waals surface area (Å²) in [5, 5.41) is 2.78. The Morgan fingerprint density at radius 1 is 1.16 bits per heavy atom. The lowest BCUT2D eigenvalue weighted by Crippen LogP contribution is -2.16. The van der Waals surface area contributed by atoms with Gasteiger partial charge < -0.3 is 8.98 Å². The Hall–Kier alpha value is -2.63. The minimum atomic E-state index is 0.652. The van der Waals surface area contributed by atoms with E-state index in [1.54, 1.807) is 30.0 Å². The summed E-state index contributed by atoms with van der Waals surface area (Å²) in [7, 11) is 0. The van der Waals surface area contributed by atoms with Crippen molar-refractivity contribution in [3.05, 3.63) is 88.0 Å². The third-order valence-electron chi connectivity index (χ3n) is 3.67. The number of rotatable bonds is 4. The highest BCUT2D eigenvalue weighted by Gasteiger charge is 2.11. The molecule has 0 amide bonds. The Morgan fingerprint density at radius 2 is 2.12 bits per heavy atom. The van der Waals surface area contributed by atoms with E-state index in [1.807, 2.05) is 42.5 Å². The molecule has 3 aromatic heterocycles. The summed E-state index contributed by atoms with van der Waals surface area (Å²) in [5.74, 6) is 0.811. The van der Waals surface area contributed by atoms with Gasteiger partial charge in [0.2, 0.25) is 0 Å². The molecule has 0 radical (unpaired) electrons. The molecule has 0 atom stereocenters. The van der Waals surface area contributed by atoms with E-state index < -0.39 is 0 Å². The maximum atomic E-state index is 6.14. The van der Waals surface area contributed by atoms with E-state index in [0.717, 1.165) is 32.5 Å². The van der Waals surface area contributed by atoms with Crippen molar-refractivity contribution in [1.82, 2.24) is 9.55 Å². The van der Waals surface area contributed by atoms with Crippen molar-refractivity contribution in [3.63, 3.8) is 0 Å². The summed E-state index contributed by atoms with van der Waals surface area (Å²) < 4.78 is 7.72. The highest BCUT2D eigenvalue weighted by molar-refractivity contribution is 7.07. The molecule has 6 heteroatoms. The second kappa shape index (κ2) is 7.09. The van der Waals surface area contributed by atoms with Crippen molar-refractivity contribution in [2.24, 2.45) is 4.99 Å². The molecule has 0 saturated heterocycles. The van der Waals surface area contributed by atoms with Crippen molar-refractivity contribution in [2.45, 2.75) is 6.54 Å². The fraction of sp³-hybridized carbons (Fsp3) is 0.0526.